The monoisotopic (exact) mass is 231 g/mol. The quantitative estimate of drug-likeness (QED) is 0.670. The molecule has 1 unspecified atom stereocenters. The van der Waals surface area contributed by atoms with Crippen LogP contribution in [0.5, 0.6) is 0 Å². The molecule has 1 atom stereocenters. The van der Waals surface area contributed by atoms with Crippen molar-refractivity contribution in [1.82, 2.24) is 4.90 Å². The smallest absolute Gasteiger partial charge is 0.0768 e. The van der Waals surface area contributed by atoms with Crippen LogP contribution < -0.4 is 0 Å². The summed E-state index contributed by atoms with van der Waals surface area (Å²) in [6, 6.07) is 0.456. The molecule has 0 spiro atoms. The first-order valence-corrected chi connectivity index (χ1v) is 6.46. The molecule has 0 aromatic carbocycles. The van der Waals surface area contributed by atoms with Crippen LogP contribution in [0.4, 0.5) is 0 Å². The molecule has 0 aliphatic carbocycles. The van der Waals surface area contributed by atoms with Crippen molar-refractivity contribution >= 4 is 0 Å². The zero-order valence-corrected chi connectivity index (χ0v) is 11.5. The Labute approximate surface area is 100 Å². The summed E-state index contributed by atoms with van der Waals surface area (Å²) in [5.74, 6) is 0.225. The predicted molar refractivity (Wildman–Crippen MR) is 68.5 cm³/mol. The summed E-state index contributed by atoms with van der Waals surface area (Å²) in [6.07, 6.45) is 2.12. The van der Waals surface area contributed by atoms with Gasteiger partial charge in [0.1, 0.15) is 0 Å². The molecule has 3 heteroatoms. The number of nitrogens with zero attached hydrogens (tertiary/aromatic N) is 1. The maximum absolute atomic E-state index is 10.3. The van der Waals surface area contributed by atoms with Crippen molar-refractivity contribution in [2.24, 2.45) is 5.92 Å². The first-order chi connectivity index (χ1) is 7.38. The molecule has 0 aromatic rings. The van der Waals surface area contributed by atoms with Crippen LogP contribution >= 0.6 is 0 Å². The summed E-state index contributed by atoms with van der Waals surface area (Å²) in [4.78, 5) is 2.21. The maximum Gasteiger partial charge on any atom is 0.0768 e. The molecule has 0 rings (SSSR count). The molecule has 0 saturated carbocycles. The molecule has 2 N–H and O–H groups in total. The average molecular weight is 231 g/mol. The van der Waals surface area contributed by atoms with Gasteiger partial charge < -0.3 is 10.2 Å². The second kappa shape index (κ2) is 7.25. The summed E-state index contributed by atoms with van der Waals surface area (Å²) in [5, 5.41) is 19.4. The van der Waals surface area contributed by atoms with Gasteiger partial charge in [-0.05, 0) is 25.7 Å². The third-order valence-corrected chi connectivity index (χ3v) is 3.61. The Kier molecular flexibility index (Phi) is 7.20. The minimum Gasteiger partial charge on any atom is -0.395 e. The van der Waals surface area contributed by atoms with Crippen molar-refractivity contribution in [1.29, 1.82) is 0 Å². The van der Waals surface area contributed by atoms with E-state index in [-0.39, 0.29) is 12.5 Å². The molecule has 0 aliphatic heterocycles. The highest BCUT2D eigenvalue weighted by atomic mass is 16.3. The van der Waals surface area contributed by atoms with Crippen molar-refractivity contribution in [2.45, 2.75) is 59.1 Å². The summed E-state index contributed by atoms with van der Waals surface area (Å²) >= 11 is 0. The van der Waals surface area contributed by atoms with E-state index in [0.29, 0.717) is 19.1 Å². The van der Waals surface area contributed by atoms with Gasteiger partial charge in [-0.15, -0.1) is 0 Å². The summed E-state index contributed by atoms with van der Waals surface area (Å²) in [7, 11) is 0. The van der Waals surface area contributed by atoms with E-state index in [1.165, 1.54) is 0 Å². The SMILES string of the molecule is CCC(CC)N(CCO)CC(C)(O)C(C)C. The van der Waals surface area contributed by atoms with E-state index in [1.54, 1.807) is 0 Å². The molecule has 0 radical (unpaired) electrons. The molecular weight excluding hydrogens is 202 g/mol. The van der Waals surface area contributed by atoms with Crippen LogP contribution in [0.2, 0.25) is 0 Å². The molecule has 0 saturated heterocycles. The molecule has 0 aromatic heterocycles. The number of hydrogen-bond acceptors (Lipinski definition) is 3. The van der Waals surface area contributed by atoms with E-state index in [9.17, 15) is 5.11 Å². The van der Waals surface area contributed by atoms with Crippen LogP contribution in [-0.4, -0.2) is 46.5 Å². The predicted octanol–water partition coefficient (Wildman–Crippen LogP) is 1.88. The van der Waals surface area contributed by atoms with E-state index in [1.807, 2.05) is 20.8 Å². The van der Waals surface area contributed by atoms with Gasteiger partial charge in [0.25, 0.3) is 0 Å². The van der Waals surface area contributed by atoms with Gasteiger partial charge >= 0.3 is 0 Å². The number of aliphatic hydroxyl groups excluding tert-OH is 1. The minimum atomic E-state index is -0.683. The highest BCUT2D eigenvalue weighted by Crippen LogP contribution is 2.20. The van der Waals surface area contributed by atoms with Crippen molar-refractivity contribution < 1.29 is 10.2 Å². The molecule has 0 heterocycles. The molecule has 0 aliphatic rings. The first-order valence-electron chi connectivity index (χ1n) is 6.46. The van der Waals surface area contributed by atoms with Gasteiger partial charge in [-0.25, -0.2) is 0 Å². The zero-order chi connectivity index (χ0) is 12.8. The van der Waals surface area contributed by atoms with E-state index >= 15 is 0 Å². The van der Waals surface area contributed by atoms with Crippen LogP contribution in [-0.2, 0) is 0 Å². The Morgan fingerprint density at radius 2 is 1.69 bits per heavy atom. The Bertz CT molecular complexity index is 177. The van der Waals surface area contributed by atoms with E-state index in [2.05, 4.69) is 18.7 Å². The lowest BCUT2D eigenvalue weighted by atomic mass is 9.91. The normalized spacial score (nSPS) is 16.1. The highest BCUT2D eigenvalue weighted by molar-refractivity contribution is 4.83. The lowest BCUT2D eigenvalue weighted by Gasteiger charge is -2.38. The summed E-state index contributed by atoms with van der Waals surface area (Å²) in [5.41, 5.74) is -0.683. The van der Waals surface area contributed by atoms with Gasteiger partial charge in [0.2, 0.25) is 0 Å². The molecule has 0 fully saturated rings. The largest absolute Gasteiger partial charge is 0.395 e. The van der Waals surface area contributed by atoms with Crippen molar-refractivity contribution in [3.05, 3.63) is 0 Å². The van der Waals surface area contributed by atoms with Crippen LogP contribution in [0.3, 0.4) is 0 Å². The molecule has 0 bridgehead atoms. The zero-order valence-electron chi connectivity index (χ0n) is 11.5. The van der Waals surface area contributed by atoms with Crippen LogP contribution in [0.1, 0.15) is 47.5 Å². The molecular formula is C13H29NO2. The highest BCUT2D eigenvalue weighted by Gasteiger charge is 2.29. The molecule has 16 heavy (non-hydrogen) atoms. The Balaban J connectivity index is 4.54. The van der Waals surface area contributed by atoms with Gasteiger partial charge in [-0.1, -0.05) is 27.7 Å². The average Bonchev–Trinajstić information content (AvgIpc) is 2.19. The summed E-state index contributed by atoms with van der Waals surface area (Å²) < 4.78 is 0. The van der Waals surface area contributed by atoms with Crippen molar-refractivity contribution in [3.63, 3.8) is 0 Å². The first kappa shape index (κ1) is 15.9. The standard InChI is InChI=1S/C13H29NO2/c1-6-12(7-2)14(8-9-15)10-13(5,16)11(3)4/h11-12,15-16H,6-10H2,1-5H3. The van der Waals surface area contributed by atoms with E-state index in [0.717, 1.165) is 12.8 Å². The fourth-order valence-corrected chi connectivity index (χ4v) is 1.92. The van der Waals surface area contributed by atoms with Gasteiger partial charge in [0.05, 0.1) is 12.2 Å². The summed E-state index contributed by atoms with van der Waals surface area (Å²) in [6.45, 7) is 11.7. The van der Waals surface area contributed by atoms with Crippen molar-refractivity contribution in [2.75, 3.05) is 19.7 Å². The fraction of sp³-hybridized carbons (Fsp3) is 1.00. The van der Waals surface area contributed by atoms with Crippen LogP contribution in [0, 0.1) is 5.92 Å². The molecule has 3 nitrogen and oxygen atoms in total. The topological polar surface area (TPSA) is 43.7 Å². The van der Waals surface area contributed by atoms with Crippen molar-refractivity contribution in [3.8, 4) is 0 Å². The minimum absolute atomic E-state index is 0.157. The second-order valence-corrected chi connectivity index (χ2v) is 5.18. The number of hydrogen-bond donors (Lipinski definition) is 2. The second-order valence-electron chi connectivity index (χ2n) is 5.18. The third-order valence-electron chi connectivity index (χ3n) is 3.61. The number of aliphatic hydroxyl groups is 2. The lowest BCUT2D eigenvalue weighted by molar-refractivity contribution is -0.0335. The molecule has 0 amide bonds. The maximum atomic E-state index is 10.3. The fourth-order valence-electron chi connectivity index (χ4n) is 1.92. The van der Waals surface area contributed by atoms with Gasteiger partial charge in [-0.3, -0.25) is 4.90 Å². The van der Waals surface area contributed by atoms with E-state index in [4.69, 9.17) is 5.11 Å². The Morgan fingerprint density at radius 3 is 2.00 bits per heavy atom. The molecule has 98 valence electrons. The van der Waals surface area contributed by atoms with Crippen LogP contribution in [0.15, 0.2) is 0 Å². The number of rotatable bonds is 8. The van der Waals surface area contributed by atoms with Gasteiger partial charge in [0.15, 0.2) is 0 Å². The van der Waals surface area contributed by atoms with E-state index < -0.39 is 5.60 Å². The van der Waals surface area contributed by atoms with Crippen LogP contribution in [0.25, 0.3) is 0 Å². The Hall–Kier alpha value is -0.120. The lowest BCUT2D eigenvalue weighted by Crippen LogP contribution is -2.49. The van der Waals surface area contributed by atoms with Gasteiger partial charge in [0, 0.05) is 19.1 Å². The Morgan fingerprint density at radius 1 is 1.19 bits per heavy atom. The third kappa shape index (κ3) is 4.81. The van der Waals surface area contributed by atoms with Gasteiger partial charge in [-0.2, -0.15) is 0 Å².